The zero-order valence-electron chi connectivity index (χ0n) is 1.80. The van der Waals surface area contributed by atoms with E-state index in [1.54, 1.807) is 0 Å². The minimum atomic E-state index is 0. The monoisotopic (exact) mass is 251 g/mol. The van der Waals surface area contributed by atoms with Gasteiger partial charge in [-0.1, -0.05) is 0 Å². The van der Waals surface area contributed by atoms with E-state index >= 15 is 0 Å². The van der Waals surface area contributed by atoms with E-state index in [1.807, 2.05) is 0 Å². The van der Waals surface area contributed by atoms with Gasteiger partial charge in [-0.25, -0.2) is 0 Å². The Morgan fingerprint density at radius 3 is 0.500 bits per heavy atom. The third kappa shape index (κ3) is 17.9. The molecule has 0 aliphatic heterocycles. The molecule has 0 aliphatic carbocycles. The average molecular weight is 251 g/mol. The van der Waals surface area contributed by atoms with E-state index in [9.17, 15) is 0 Å². The SMILES string of the molecule is O.O.O.[Au]. The average Bonchev–Trinajstić information content (AvgIpc) is 0. The molecule has 0 spiro atoms. The second kappa shape index (κ2) is 64.6. The van der Waals surface area contributed by atoms with Crippen LogP contribution in [0.5, 0.6) is 0 Å². The predicted molar refractivity (Wildman–Crippen MR) is 10.8 cm³/mol. The van der Waals surface area contributed by atoms with E-state index in [4.69, 9.17) is 0 Å². The molecule has 0 aromatic carbocycles. The minimum absolute atomic E-state index is 0. The van der Waals surface area contributed by atoms with Gasteiger partial charge >= 0.3 is 0 Å². The fourth-order valence-corrected chi connectivity index (χ4v) is 0. The van der Waals surface area contributed by atoms with Gasteiger partial charge in [0.25, 0.3) is 0 Å². The molecule has 1 radical (unpaired) electrons. The predicted octanol–water partition coefficient (Wildman–Crippen LogP) is -2.48. The van der Waals surface area contributed by atoms with Crippen LogP contribution < -0.4 is 0 Å². The topological polar surface area (TPSA) is 94.5 Å². The fourth-order valence-electron chi connectivity index (χ4n) is 0. The van der Waals surface area contributed by atoms with Crippen LogP contribution in [0.2, 0.25) is 0 Å². The van der Waals surface area contributed by atoms with Crippen molar-refractivity contribution >= 4 is 0 Å². The summed E-state index contributed by atoms with van der Waals surface area (Å²) in [6.45, 7) is 0. The van der Waals surface area contributed by atoms with Gasteiger partial charge in [-0.2, -0.15) is 0 Å². The van der Waals surface area contributed by atoms with Crippen LogP contribution in [0.1, 0.15) is 0 Å². The van der Waals surface area contributed by atoms with Gasteiger partial charge in [0.1, 0.15) is 0 Å². The van der Waals surface area contributed by atoms with Crippen molar-refractivity contribution in [1.29, 1.82) is 0 Å². The Morgan fingerprint density at radius 1 is 0.500 bits per heavy atom. The molecule has 0 saturated heterocycles. The molecule has 4 heteroatoms. The normalized spacial score (nSPS) is 0. The Morgan fingerprint density at radius 2 is 0.500 bits per heavy atom. The van der Waals surface area contributed by atoms with Gasteiger partial charge < -0.3 is 16.4 Å². The van der Waals surface area contributed by atoms with Gasteiger partial charge in [-0.3, -0.25) is 0 Å². The quantitative estimate of drug-likeness (QED) is 0.426. The molecule has 0 rings (SSSR count). The molecule has 0 aromatic rings. The second-order valence-corrected chi connectivity index (χ2v) is 0. The summed E-state index contributed by atoms with van der Waals surface area (Å²) in [6.07, 6.45) is 0. The third-order valence-corrected chi connectivity index (χ3v) is 0. The summed E-state index contributed by atoms with van der Waals surface area (Å²) >= 11 is 0. The number of rotatable bonds is 0. The van der Waals surface area contributed by atoms with Gasteiger partial charge in [0.2, 0.25) is 0 Å². The van der Waals surface area contributed by atoms with Crippen molar-refractivity contribution in [1.82, 2.24) is 0 Å². The summed E-state index contributed by atoms with van der Waals surface area (Å²) in [7, 11) is 0. The standard InChI is InChI=1S/Au.3H2O/h;3*1H2. The summed E-state index contributed by atoms with van der Waals surface area (Å²) in [4.78, 5) is 0. The molecular weight excluding hydrogens is 245 g/mol. The molecule has 35 valence electrons. The van der Waals surface area contributed by atoms with Crippen LogP contribution in [-0.4, -0.2) is 16.4 Å². The largest absolute Gasteiger partial charge is 0.412 e. The Kier molecular flexibility index (Phi) is 2540. The molecule has 0 heterocycles. The number of hydrogen-bond acceptors (Lipinski definition) is 0. The maximum absolute atomic E-state index is 0. The molecule has 0 unspecified atom stereocenters. The van der Waals surface area contributed by atoms with Gasteiger partial charge in [0, 0.05) is 22.4 Å². The molecule has 0 fully saturated rings. The van der Waals surface area contributed by atoms with Crippen LogP contribution in [0, 0.1) is 0 Å². The zero-order valence-corrected chi connectivity index (χ0v) is 3.97. The van der Waals surface area contributed by atoms with Crippen LogP contribution in [0.3, 0.4) is 0 Å². The van der Waals surface area contributed by atoms with Crippen LogP contribution >= 0.6 is 0 Å². The second-order valence-electron chi connectivity index (χ2n) is 0. The molecule has 3 nitrogen and oxygen atoms in total. The van der Waals surface area contributed by atoms with Crippen molar-refractivity contribution in [2.24, 2.45) is 0 Å². The molecule has 6 N–H and O–H groups in total. The van der Waals surface area contributed by atoms with Gasteiger partial charge in [0.05, 0.1) is 0 Å². The Hall–Kier alpha value is 0.620. The molecule has 0 saturated carbocycles. The van der Waals surface area contributed by atoms with E-state index in [-0.39, 0.29) is 38.8 Å². The van der Waals surface area contributed by atoms with Crippen LogP contribution in [0.4, 0.5) is 0 Å². The summed E-state index contributed by atoms with van der Waals surface area (Å²) in [6, 6.07) is 0. The van der Waals surface area contributed by atoms with Gasteiger partial charge in [-0.05, 0) is 0 Å². The Bertz CT molecular complexity index is 3.25. The van der Waals surface area contributed by atoms with E-state index in [1.165, 1.54) is 0 Å². The summed E-state index contributed by atoms with van der Waals surface area (Å²) in [5.41, 5.74) is 0. The van der Waals surface area contributed by atoms with Crippen molar-refractivity contribution in [2.45, 2.75) is 0 Å². The van der Waals surface area contributed by atoms with Gasteiger partial charge in [-0.15, -0.1) is 0 Å². The molecule has 0 atom stereocenters. The van der Waals surface area contributed by atoms with Crippen molar-refractivity contribution < 1.29 is 38.8 Å². The number of hydrogen-bond donors (Lipinski definition) is 0. The van der Waals surface area contributed by atoms with Gasteiger partial charge in [0.15, 0.2) is 0 Å². The third-order valence-electron chi connectivity index (χ3n) is 0. The fraction of sp³-hybridized carbons (Fsp3) is 0. The Labute approximate surface area is 39.4 Å². The molecule has 0 aromatic heterocycles. The Balaban J connectivity index is 0. The van der Waals surface area contributed by atoms with Crippen LogP contribution in [0.25, 0.3) is 0 Å². The maximum Gasteiger partial charge on any atom is 0 e. The van der Waals surface area contributed by atoms with Crippen LogP contribution in [0.15, 0.2) is 0 Å². The summed E-state index contributed by atoms with van der Waals surface area (Å²) in [5, 5.41) is 0. The molecule has 0 bridgehead atoms. The van der Waals surface area contributed by atoms with Crippen molar-refractivity contribution in [3.8, 4) is 0 Å². The smallest absolute Gasteiger partial charge is 0 e. The minimum Gasteiger partial charge on any atom is -0.412 e. The van der Waals surface area contributed by atoms with Crippen molar-refractivity contribution in [2.75, 3.05) is 0 Å². The molecular formula is H6AuO3. The summed E-state index contributed by atoms with van der Waals surface area (Å²) < 4.78 is 0. The first-order valence-electron chi connectivity index (χ1n) is 0. The molecule has 0 amide bonds. The molecule has 0 aliphatic rings. The first-order chi connectivity index (χ1) is 0. The first-order valence-corrected chi connectivity index (χ1v) is 0. The van der Waals surface area contributed by atoms with Crippen LogP contribution in [-0.2, 0) is 22.4 Å². The first kappa shape index (κ1) is 157. The van der Waals surface area contributed by atoms with E-state index < -0.39 is 0 Å². The van der Waals surface area contributed by atoms with E-state index in [2.05, 4.69) is 0 Å². The maximum atomic E-state index is 0. The summed E-state index contributed by atoms with van der Waals surface area (Å²) in [5.74, 6) is 0. The van der Waals surface area contributed by atoms with E-state index in [0.717, 1.165) is 0 Å². The zero-order chi connectivity index (χ0) is 0. The molecule has 4 heavy (non-hydrogen) atoms. The van der Waals surface area contributed by atoms with E-state index in [0.29, 0.717) is 0 Å². The van der Waals surface area contributed by atoms with Crippen molar-refractivity contribution in [3.05, 3.63) is 0 Å². The van der Waals surface area contributed by atoms with Crippen molar-refractivity contribution in [3.63, 3.8) is 0 Å².